The van der Waals surface area contributed by atoms with Gasteiger partial charge in [-0.2, -0.15) is 0 Å². The molecule has 132 valence electrons. The quantitative estimate of drug-likeness (QED) is 0.465. The monoisotopic (exact) mass is 345 g/mol. The number of para-hydroxylation sites is 1. The van der Waals surface area contributed by atoms with Crippen LogP contribution in [0.2, 0.25) is 0 Å². The van der Waals surface area contributed by atoms with Crippen molar-refractivity contribution in [3.8, 4) is 0 Å². The summed E-state index contributed by atoms with van der Waals surface area (Å²) in [5.74, 6) is -1.33. The van der Waals surface area contributed by atoms with Gasteiger partial charge < -0.3 is 10.2 Å². The number of carbonyl (C=O) groups excluding carboxylic acids is 1. The smallest absolute Gasteiger partial charge is 0.182 e. The van der Waals surface area contributed by atoms with E-state index >= 15 is 0 Å². The molecular weight excluding hydrogens is 324 g/mol. The first-order valence-corrected chi connectivity index (χ1v) is 7.98. The molecule has 0 heterocycles. The Bertz CT molecular complexity index is 790. The van der Waals surface area contributed by atoms with Crippen molar-refractivity contribution in [1.29, 1.82) is 0 Å². The summed E-state index contributed by atoms with van der Waals surface area (Å²) >= 11 is 0. The predicted molar refractivity (Wildman–Crippen MR) is 96.8 cm³/mol. The van der Waals surface area contributed by atoms with Crippen LogP contribution >= 0.6 is 0 Å². The van der Waals surface area contributed by atoms with Crippen molar-refractivity contribution in [1.82, 2.24) is 4.90 Å². The lowest BCUT2D eigenvalue weighted by Crippen LogP contribution is -2.16. The lowest BCUT2D eigenvalue weighted by molar-refractivity contribution is 0.100. The molecule has 0 aromatic heterocycles. The Morgan fingerprint density at radius 2 is 1.96 bits per heavy atom. The van der Waals surface area contributed by atoms with Crippen molar-refractivity contribution in [2.75, 3.05) is 25.5 Å². The molecule has 0 spiro atoms. The molecule has 2 rings (SSSR count). The van der Waals surface area contributed by atoms with Crippen molar-refractivity contribution in [3.63, 3.8) is 0 Å². The van der Waals surface area contributed by atoms with Gasteiger partial charge in [-0.05, 0) is 43.7 Å². The zero-order chi connectivity index (χ0) is 18.4. The predicted octanol–water partition coefficient (Wildman–Crippen LogP) is 4.18. The van der Waals surface area contributed by atoms with E-state index in [9.17, 15) is 13.6 Å². The first-order valence-electron chi connectivity index (χ1n) is 7.98. The average Bonchev–Trinajstić information content (AvgIpc) is 2.60. The Balaban J connectivity index is 2.13. The molecule has 0 unspecified atom stereocenters. The van der Waals surface area contributed by atoms with Crippen LogP contribution in [0.1, 0.15) is 22.8 Å². The summed E-state index contributed by atoms with van der Waals surface area (Å²) in [6.45, 7) is 4.31. The number of ketones is 1. The molecule has 0 fully saturated rings. The van der Waals surface area contributed by atoms with Crippen LogP contribution in [0, 0.1) is 18.6 Å². The minimum absolute atomic E-state index is 0.123. The van der Waals surface area contributed by atoms with Gasteiger partial charge in [0, 0.05) is 19.2 Å². The maximum Gasteiger partial charge on any atom is 0.182 e. The number of hydrogen-bond donors (Lipinski definition) is 1. The van der Waals surface area contributed by atoms with E-state index in [2.05, 4.69) is 10.3 Å². The van der Waals surface area contributed by atoms with Crippen LogP contribution in [0.25, 0.3) is 0 Å². The summed E-state index contributed by atoms with van der Waals surface area (Å²) in [5.41, 5.74) is 1.28. The maximum atomic E-state index is 14.2. The summed E-state index contributed by atoms with van der Waals surface area (Å²) < 4.78 is 27.8. The van der Waals surface area contributed by atoms with Crippen molar-refractivity contribution in [2.45, 2.75) is 13.8 Å². The van der Waals surface area contributed by atoms with Gasteiger partial charge in [0.1, 0.15) is 17.3 Å². The van der Waals surface area contributed by atoms with E-state index in [1.165, 1.54) is 24.3 Å². The topological polar surface area (TPSA) is 44.7 Å². The molecule has 4 nitrogen and oxygen atoms in total. The number of rotatable bonds is 7. The fraction of sp³-hybridized carbons (Fsp3) is 0.263. The molecule has 2 aromatic carbocycles. The summed E-state index contributed by atoms with van der Waals surface area (Å²) in [5, 5.41) is 2.74. The van der Waals surface area contributed by atoms with Gasteiger partial charge >= 0.3 is 0 Å². The Labute approximate surface area is 146 Å². The number of benzene rings is 2. The second-order valence-corrected chi connectivity index (χ2v) is 5.69. The number of halogens is 2. The molecule has 0 saturated carbocycles. The van der Waals surface area contributed by atoms with Crippen LogP contribution in [0.15, 0.2) is 41.4 Å². The SMILES string of the molecule is CCN(C)/C=N\c1cc(C)c(C(=O)CNc2ccccc2F)cc1F. The summed E-state index contributed by atoms with van der Waals surface area (Å²) in [7, 11) is 1.83. The molecule has 0 amide bonds. The number of hydrogen-bond acceptors (Lipinski definition) is 3. The van der Waals surface area contributed by atoms with Crippen LogP contribution in [-0.2, 0) is 0 Å². The van der Waals surface area contributed by atoms with E-state index in [1.807, 2.05) is 18.9 Å². The number of aliphatic imine (C=N–C) groups is 1. The molecular formula is C19H21F2N3O. The highest BCUT2D eigenvalue weighted by Crippen LogP contribution is 2.23. The Morgan fingerprint density at radius 1 is 1.24 bits per heavy atom. The van der Waals surface area contributed by atoms with Gasteiger partial charge in [-0.1, -0.05) is 12.1 Å². The normalized spacial score (nSPS) is 10.9. The van der Waals surface area contributed by atoms with E-state index in [4.69, 9.17) is 0 Å². The number of nitrogens with zero attached hydrogens (tertiary/aromatic N) is 2. The van der Waals surface area contributed by atoms with Gasteiger partial charge in [0.15, 0.2) is 5.78 Å². The van der Waals surface area contributed by atoms with Gasteiger partial charge in [-0.25, -0.2) is 13.8 Å². The highest BCUT2D eigenvalue weighted by atomic mass is 19.1. The number of Topliss-reactive ketones (excluding diaryl/α,β-unsaturated/α-hetero) is 1. The lowest BCUT2D eigenvalue weighted by atomic mass is 10.0. The molecule has 1 N–H and O–H groups in total. The summed E-state index contributed by atoms with van der Waals surface area (Å²) in [6, 6.07) is 8.79. The molecule has 0 aliphatic carbocycles. The third kappa shape index (κ3) is 4.86. The van der Waals surface area contributed by atoms with Gasteiger partial charge in [-0.15, -0.1) is 0 Å². The third-order valence-corrected chi connectivity index (χ3v) is 3.80. The first-order chi connectivity index (χ1) is 11.9. The summed E-state index contributed by atoms with van der Waals surface area (Å²) in [6.07, 6.45) is 1.54. The average molecular weight is 345 g/mol. The van der Waals surface area contributed by atoms with Crippen molar-refractivity contribution >= 4 is 23.5 Å². The molecule has 0 bridgehead atoms. The third-order valence-electron chi connectivity index (χ3n) is 3.80. The molecule has 0 saturated heterocycles. The highest BCUT2D eigenvalue weighted by molar-refractivity contribution is 6.00. The van der Waals surface area contributed by atoms with Gasteiger partial charge in [0.05, 0.1) is 18.6 Å². The van der Waals surface area contributed by atoms with E-state index in [-0.39, 0.29) is 29.3 Å². The van der Waals surface area contributed by atoms with Crippen LogP contribution < -0.4 is 5.32 Å². The molecule has 6 heteroatoms. The Hall–Kier alpha value is -2.76. The molecule has 0 aliphatic rings. The van der Waals surface area contributed by atoms with Gasteiger partial charge in [0.25, 0.3) is 0 Å². The molecule has 0 radical (unpaired) electrons. The largest absolute Gasteiger partial charge is 0.375 e. The lowest BCUT2D eigenvalue weighted by Gasteiger charge is -2.11. The fourth-order valence-corrected chi connectivity index (χ4v) is 2.18. The second kappa shape index (κ2) is 8.37. The minimum atomic E-state index is -0.569. The Kier molecular flexibility index (Phi) is 6.22. The molecule has 2 aromatic rings. The van der Waals surface area contributed by atoms with Crippen LogP contribution in [0.3, 0.4) is 0 Å². The van der Waals surface area contributed by atoms with E-state index < -0.39 is 11.6 Å². The zero-order valence-corrected chi connectivity index (χ0v) is 14.5. The number of nitrogens with one attached hydrogen (secondary N) is 1. The minimum Gasteiger partial charge on any atom is -0.375 e. The first kappa shape index (κ1) is 18.6. The summed E-state index contributed by atoms with van der Waals surface area (Å²) in [4.78, 5) is 18.2. The van der Waals surface area contributed by atoms with Crippen LogP contribution in [0.4, 0.5) is 20.2 Å². The number of aryl methyl sites for hydroxylation is 1. The number of anilines is 1. The van der Waals surface area contributed by atoms with Gasteiger partial charge in [-0.3, -0.25) is 4.79 Å². The zero-order valence-electron chi connectivity index (χ0n) is 14.5. The maximum absolute atomic E-state index is 14.2. The standard InChI is InChI=1S/C19H21F2N3O/c1-4-24(3)12-23-18-9-13(2)14(10-16(18)21)19(25)11-22-17-8-6-5-7-15(17)20/h5-10,12,22H,4,11H2,1-3H3/b23-12-. The van der Waals surface area contributed by atoms with Crippen LogP contribution in [0.5, 0.6) is 0 Å². The van der Waals surface area contributed by atoms with Gasteiger partial charge in [0.2, 0.25) is 0 Å². The molecule has 25 heavy (non-hydrogen) atoms. The molecule has 0 aliphatic heterocycles. The fourth-order valence-electron chi connectivity index (χ4n) is 2.18. The van der Waals surface area contributed by atoms with E-state index in [0.717, 1.165) is 6.54 Å². The van der Waals surface area contributed by atoms with Crippen molar-refractivity contribution in [2.24, 2.45) is 4.99 Å². The molecule has 0 atom stereocenters. The Morgan fingerprint density at radius 3 is 2.64 bits per heavy atom. The number of carbonyl (C=O) groups is 1. The van der Waals surface area contributed by atoms with E-state index in [0.29, 0.717) is 5.56 Å². The van der Waals surface area contributed by atoms with Crippen molar-refractivity contribution in [3.05, 3.63) is 59.2 Å². The second-order valence-electron chi connectivity index (χ2n) is 5.69. The highest BCUT2D eigenvalue weighted by Gasteiger charge is 2.14. The van der Waals surface area contributed by atoms with Crippen LogP contribution in [-0.4, -0.2) is 37.2 Å². The van der Waals surface area contributed by atoms with Crippen molar-refractivity contribution < 1.29 is 13.6 Å². The van der Waals surface area contributed by atoms with E-state index in [1.54, 1.807) is 25.4 Å².